The Morgan fingerprint density at radius 1 is 1.36 bits per heavy atom. The number of carbonyl (C=O) groups excluding carboxylic acids is 1. The minimum atomic E-state index is -0.450. The fourth-order valence-corrected chi connectivity index (χ4v) is 2.65. The SMILES string of the molecule is Cc1noc(C)c1CN1CCN(C(=O)OC(C)(C)C)C[C@@H]1C. The molecule has 6 nitrogen and oxygen atoms in total. The van der Waals surface area contributed by atoms with Crippen LogP contribution in [0.3, 0.4) is 0 Å². The first-order valence-electron chi connectivity index (χ1n) is 7.81. The standard InChI is InChI=1S/C16H27N3O3/c1-11-9-19(15(20)21-16(4,5)6)8-7-18(11)10-14-12(2)17-22-13(14)3/h11H,7-10H2,1-6H3/t11-/m0/s1. The van der Waals surface area contributed by atoms with E-state index in [9.17, 15) is 4.79 Å². The van der Waals surface area contributed by atoms with Gasteiger partial charge in [0.25, 0.3) is 0 Å². The molecule has 1 atom stereocenters. The predicted octanol–water partition coefficient (Wildman–Crippen LogP) is 2.73. The van der Waals surface area contributed by atoms with Crippen molar-refractivity contribution in [3.8, 4) is 0 Å². The minimum Gasteiger partial charge on any atom is -0.444 e. The van der Waals surface area contributed by atoms with E-state index in [1.807, 2.05) is 34.6 Å². The Balaban J connectivity index is 1.94. The van der Waals surface area contributed by atoms with Crippen LogP contribution in [0.5, 0.6) is 0 Å². The van der Waals surface area contributed by atoms with Crippen LogP contribution < -0.4 is 0 Å². The lowest BCUT2D eigenvalue weighted by Crippen LogP contribution is -2.54. The molecule has 0 unspecified atom stereocenters. The van der Waals surface area contributed by atoms with Crippen molar-refractivity contribution in [3.05, 3.63) is 17.0 Å². The van der Waals surface area contributed by atoms with Crippen LogP contribution in [0.4, 0.5) is 4.79 Å². The maximum atomic E-state index is 12.2. The van der Waals surface area contributed by atoms with Crippen LogP contribution in [0.1, 0.15) is 44.7 Å². The molecule has 0 spiro atoms. The first kappa shape index (κ1) is 16.8. The molecule has 0 N–H and O–H groups in total. The Kier molecular flexibility index (Phi) is 4.80. The molecule has 1 aromatic rings. The summed E-state index contributed by atoms with van der Waals surface area (Å²) >= 11 is 0. The van der Waals surface area contributed by atoms with Gasteiger partial charge in [0.1, 0.15) is 11.4 Å². The number of rotatable bonds is 2. The number of carbonyl (C=O) groups is 1. The summed E-state index contributed by atoms with van der Waals surface area (Å²) in [6.07, 6.45) is -0.226. The zero-order valence-corrected chi connectivity index (χ0v) is 14.5. The number of piperazine rings is 1. The maximum absolute atomic E-state index is 12.2. The highest BCUT2D eigenvalue weighted by molar-refractivity contribution is 5.68. The minimum absolute atomic E-state index is 0.226. The summed E-state index contributed by atoms with van der Waals surface area (Å²) in [5.74, 6) is 0.874. The second kappa shape index (κ2) is 6.28. The number of aromatic nitrogens is 1. The number of ether oxygens (including phenoxy) is 1. The predicted molar refractivity (Wildman–Crippen MR) is 83.7 cm³/mol. The lowest BCUT2D eigenvalue weighted by Gasteiger charge is -2.40. The Labute approximate surface area is 132 Å². The van der Waals surface area contributed by atoms with Crippen LogP contribution in [-0.4, -0.2) is 52.3 Å². The van der Waals surface area contributed by atoms with Crippen molar-refractivity contribution in [2.24, 2.45) is 0 Å². The molecule has 1 fully saturated rings. The smallest absolute Gasteiger partial charge is 0.410 e. The van der Waals surface area contributed by atoms with Gasteiger partial charge in [-0.3, -0.25) is 4.90 Å². The number of amides is 1. The second-order valence-corrected chi connectivity index (χ2v) is 7.05. The summed E-state index contributed by atoms with van der Waals surface area (Å²) in [6, 6.07) is 0.273. The van der Waals surface area contributed by atoms with Gasteiger partial charge in [0, 0.05) is 37.8 Å². The molecule has 1 aliphatic heterocycles. The van der Waals surface area contributed by atoms with Gasteiger partial charge in [0.2, 0.25) is 0 Å². The Hall–Kier alpha value is -1.56. The molecular formula is C16H27N3O3. The number of hydrogen-bond acceptors (Lipinski definition) is 5. The van der Waals surface area contributed by atoms with Gasteiger partial charge in [0.05, 0.1) is 5.69 Å². The quantitative estimate of drug-likeness (QED) is 0.840. The Morgan fingerprint density at radius 2 is 2.05 bits per heavy atom. The van der Waals surface area contributed by atoms with Gasteiger partial charge < -0.3 is 14.2 Å². The Bertz CT molecular complexity index is 514. The lowest BCUT2D eigenvalue weighted by atomic mass is 10.1. The maximum Gasteiger partial charge on any atom is 0.410 e. The van der Waals surface area contributed by atoms with E-state index in [-0.39, 0.29) is 12.1 Å². The highest BCUT2D eigenvalue weighted by Crippen LogP contribution is 2.20. The van der Waals surface area contributed by atoms with E-state index in [1.165, 1.54) is 0 Å². The summed E-state index contributed by atoms with van der Waals surface area (Å²) < 4.78 is 10.7. The average Bonchev–Trinajstić information content (AvgIpc) is 2.70. The lowest BCUT2D eigenvalue weighted by molar-refractivity contribution is 0.00452. The molecule has 0 bridgehead atoms. The van der Waals surface area contributed by atoms with Crippen molar-refractivity contribution in [2.75, 3.05) is 19.6 Å². The first-order valence-corrected chi connectivity index (χ1v) is 7.81. The molecule has 2 heterocycles. The highest BCUT2D eigenvalue weighted by atomic mass is 16.6. The van der Waals surface area contributed by atoms with E-state index in [1.54, 1.807) is 4.90 Å². The molecule has 0 radical (unpaired) electrons. The van der Waals surface area contributed by atoms with Gasteiger partial charge in [0.15, 0.2) is 0 Å². The molecular weight excluding hydrogens is 282 g/mol. The molecule has 1 saturated heterocycles. The molecule has 0 saturated carbocycles. The molecule has 1 amide bonds. The fourth-order valence-electron chi connectivity index (χ4n) is 2.65. The zero-order chi connectivity index (χ0) is 16.5. The first-order chi connectivity index (χ1) is 10.2. The molecule has 6 heteroatoms. The molecule has 124 valence electrons. The third kappa shape index (κ3) is 4.00. The molecule has 0 aliphatic carbocycles. The van der Waals surface area contributed by atoms with Crippen LogP contribution in [0.25, 0.3) is 0 Å². The fraction of sp³-hybridized carbons (Fsp3) is 0.750. The van der Waals surface area contributed by atoms with Gasteiger partial charge >= 0.3 is 6.09 Å². The van der Waals surface area contributed by atoms with Crippen LogP contribution in [-0.2, 0) is 11.3 Å². The zero-order valence-electron chi connectivity index (χ0n) is 14.5. The van der Waals surface area contributed by atoms with Crippen LogP contribution in [0.2, 0.25) is 0 Å². The van der Waals surface area contributed by atoms with Crippen molar-refractivity contribution in [1.82, 2.24) is 15.0 Å². The Morgan fingerprint density at radius 3 is 2.55 bits per heavy atom. The van der Waals surface area contributed by atoms with E-state index < -0.39 is 5.60 Å². The summed E-state index contributed by atoms with van der Waals surface area (Å²) in [7, 11) is 0. The van der Waals surface area contributed by atoms with Crippen molar-refractivity contribution in [2.45, 2.75) is 59.7 Å². The van der Waals surface area contributed by atoms with E-state index >= 15 is 0 Å². The number of nitrogens with zero attached hydrogens (tertiary/aromatic N) is 3. The monoisotopic (exact) mass is 309 g/mol. The third-order valence-electron chi connectivity index (χ3n) is 3.96. The topological polar surface area (TPSA) is 58.8 Å². The summed E-state index contributed by atoms with van der Waals surface area (Å²) in [4.78, 5) is 16.3. The van der Waals surface area contributed by atoms with Crippen LogP contribution in [0.15, 0.2) is 4.52 Å². The van der Waals surface area contributed by atoms with Crippen molar-refractivity contribution >= 4 is 6.09 Å². The summed E-state index contributed by atoms with van der Waals surface area (Å²) in [6.45, 7) is 14.7. The van der Waals surface area contributed by atoms with Gasteiger partial charge in [-0.15, -0.1) is 0 Å². The van der Waals surface area contributed by atoms with Gasteiger partial charge in [-0.25, -0.2) is 4.79 Å². The van der Waals surface area contributed by atoms with Crippen LogP contribution in [0, 0.1) is 13.8 Å². The molecule has 2 rings (SSSR count). The third-order valence-corrected chi connectivity index (χ3v) is 3.96. The molecule has 1 aliphatic rings. The second-order valence-electron chi connectivity index (χ2n) is 7.05. The van der Waals surface area contributed by atoms with E-state index in [2.05, 4.69) is 17.0 Å². The summed E-state index contributed by atoms with van der Waals surface area (Å²) in [5.41, 5.74) is 1.64. The van der Waals surface area contributed by atoms with Crippen molar-refractivity contribution < 1.29 is 14.1 Å². The highest BCUT2D eigenvalue weighted by Gasteiger charge is 2.30. The summed E-state index contributed by atoms with van der Waals surface area (Å²) in [5, 5.41) is 4.00. The average molecular weight is 309 g/mol. The number of hydrogen-bond donors (Lipinski definition) is 0. The van der Waals surface area contributed by atoms with E-state index in [0.717, 1.165) is 30.1 Å². The largest absolute Gasteiger partial charge is 0.444 e. The molecule has 0 aromatic carbocycles. The normalized spacial score (nSPS) is 20.3. The van der Waals surface area contributed by atoms with Gasteiger partial charge in [-0.05, 0) is 41.5 Å². The van der Waals surface area contributed by atoms with E-state index in [4.69, 9.17) is 9.26 Å². The van der Waals surface area contributed by atoms with Crippen LogP contribution >= 0.6 is 0 Å². The van der Waals surface area contributed by atoms with Crippen molar-refractivity contribution in [1.29, 1.82) is 0 Å². The van der Waals surface area contributed by atoms with Gasteiger partial charge in [-0.2, -0.15) is 0 Å². The molecule has 1 aromatic heterocycles. The number of aryl methyl sites for hydroxylation is 2. The van der Waals surface area contributed by atoms with Gasteiger partial charge in [-0.1, -0.05) is 5.16 Å². The van der Waals surface area contributed by atoms with E-state index in [0.29, 0.717) is 13.1 Å². The molecule has 22 heavy (non-hydrogen) atoms. The van der Waals surface area contributed by atoms with Crippen molar-refractivity contribution in [3.63, 3.8) is 0 Å².